The number of imidazole rings is 1. The van der Waals surface area contributed by atoms with E-state index in [0.29, 0.717) is 23.6 Å². The van der Waals surface area contributed by atoms with Gasteiger partial charge in [0, 0.05) is 12.2 Å². The summed E-state index contributed by atoms with van der Waals surface area (Å²) in [4.78, 5) is 16.6. The van der Waals surface area contributed by atoms with Crippen molar-refractivity contribution in [1.82, 2.24) is 14.7 Å². The number of thioether (sulfide) groups is 1. The maximum absolute atomic E-state index is 12.2. The monoisotopic (exact) mass is 317 g/mol. The molecule has 0 radical (unpaired) electrons. The number of aromatic nitrogens is 2. The van der Waals surface area contributed by atoms with Crippen LogP contribution < -0.4 is 5.32 Å². The van der Waals surface area contributed by atoms with Gasteiger partial charge < -0.3 is 5.32 Å². The largest absolute Gasteiger partial charge is 0.352 e. The maximum Gasteiger partial charge on any atom is 0.230 e. The molecule has 118 valence electrons. The minimum Gasteiger partial charge on any atom is -0.352 e. The molecule has 0 bridgehead atoms. The summed E-state index contributed by atoms with van der Waals surface area (Å²) in [6.45, 7) is 4.54. The summed E-state index contributed by atoms with van der Waals surface area (Å²) in [7, 11) is 0. The molecule has 2 heterocycles. The fourth-order valence-corrected chi connectivity index (χ4v) is 3.97. The number of nitrogens with one attached hydrogen (secondary N) is 1. The molecule has 0 aliphatic heterocycles. The highest BCUT2D eigenvalue weighted by Gasteiger charge is 2.28. The second-order valence-corrected chi connectivity index (χ2v) is 7.21. The van der Waals surface area contributed by atoms with Crippen molar-refractivity contribution in [2.75, 3.05) is 5.75 Å². The Morgan fingerprint density at radius 1 is 1.41 bits per heavy atom. The molecule has 2 aromatic heterocycles. The summed E-state index contributed by atoms with van der Waals surface area (Å²) in [6, 6.07) is 6.31. The lowest BCUT2D eigenvalue weighted by Gasteiger charge is -2.34. The first-order valence-electron chi connectivity index (χ1n) is 7.99. The molecule has 4 nitrogen and oxygen atoms in total. The van der Waals surface area contributed by atoms with Gasteiger partial charge in [0.25, 0.3) is 0 Å². The second-order valence-electron chi connectivity index (χ2n) is 6.27. The third-order valence-corrected chi connectivity index (χ3v) is 5.76. The van der Waals surface area contributed by atoms with Crippen LogP contribution >= 0.6 is 11.8 Å². The fraction of sp³-hybridized carbons (Fsp3) is 0.529. The molecular formula is C17H23N3OS. The first-order chi connectivity index (χ1) is 10.6. The van der Waals surface area contributed by atoms with Crippen LogP contribution in [0.15, 0.2) is 35.7 Å². The molecule has 22 heavy (non-hydrogen) atoms. The maximum atomic E-state index is 12.2. The Labute approximate surface area is 135 Å². The number of rotatable bonds is 4. The Morgan fingerprint density at radius 3 is 3.14 bits per heavy atom. The van der Waals surface area contributed by atoms with E-state index in [4.69, 9.17) is 0 Å². The Morgan fingerprint density at radius 2 is 2.27 bits per heavy atom. The van der Waals surface area contributed by atoms with Gasteiger partial charge in [0.05, 0.1) is 17.5 Å². The molecular weight excluding hydrogens is 294 g/mol. The minimum atomic E-state index is 0.114. The van der Waals surface area contributed by atoms with Crippen molar-refractivity contribution < 1.29 is 4.79 Å². The third-order valence-electron chi connectivity index (χ3n) is 4.79. The summed E-state index contributed by atoms with van der Waals surface area (Å²) in [6.07, 6.45) is 7.42. The standard InChI is InChI=1S/C17H23N3OS/c1-12-6-5-8-15(13(12)2)19-16(21)11-22-17-18-10-14-7-3-4-9-20(14)17/h3-4,7,9-10,12-13,15H,5-6,8,11H2,1-2H3,(H,19,21)/t12-,13+,15-/m1/s1. The van der Waals surface area contributed by atoms with Crippen LogP contribution in [0.5, 0.6) is 0 Å². The third kappa shape index (κ3) is 3.29. The van der Waals surface area contributed by atoms with Crippen molar-refractivity contribution in [2.24, 2.45) is 11.8 Å². The van der Waals surface area contributed by atoms with Crippen LogP contribution in [0.4, 0.5) is 0 Å². The number of nitrogens with zero attached hydrogens (tertiary/aromatic N) is 2. The second kappa shape index (κ2) is 6.73. The smallest absolute Gasteiger partial charge is 0.230 e. The van der Waals surface area contributed by atoms with E-state index in [1.807, 2.05) is 35.0 Å². The molecule has 0 spiro atoms. The zero-order valence-electron chi connectivity index (χ0n) is 13.2. The average Bonchev–Trinajstić information content (AvgIpc) is 2.93. The Bertz CT molecular complexity index is 654. The van der Waals surface area contributed by atoms with Crippen molar-refractivity contribution in [2.45, 2.75) is 44.3 Å². The van der Waals surface area contributed by atoms with Gasteiger partial charge in [-0.1, -0.05) is 44.5 Å². The lowest BCUT2D eigenvalue weighted by atomic mass is 9.78. The quantitative estimate of drug-likeness (QED) is 0.880. The van der Waals surface area contributed by atoms with Crippen LogP contribution in [0.2, 0.25) is 0 Å². The first-order valence-corrected chi connectivity index (χ1v) is 8.98. The lowest BCUT2D eigenvalue weighted by molar-refractivity contribution is -0.120. The molecule has 0 aromatic carbocycles. The molecule has 1 fully saturated rings. The van der Waals surface area contributed by atoms with Crippen molar-refractivity contribution in [3.63, 3.8) is 0 Å². The molecule has 0 saturated heterocycles. The van der Waals surface area contributed by atoms with Crippen molar-refractivity contribution in [3.8, 4) is 0 Å². The van der Waals surface area contributed by atoms with Gasteiger partial charge in [-0.2, -0.15) is 0 Å². The zero-order chi connectivity index (χ0) is 15.5. The highest BCUT2D eigenvalue weighted by Crippen LogP contribution is 2.29. The number of carbonyl (C=O) groups excluding carboxylic acids is 1. The van der Waals surface area contributed by atoms with E-state index in [0.717, 1.165) is 17.1 Å². The van der Waals surface area contributed by atoms with Gasteiger partial charge >= 0.3 is 0 Å². The Hall–Kier alpha value is -1.49. The number of fused-ring (bicyclic) bond motifs is 1. The molecule has 1 amide bonds. The van der Waals surface area contributed by atoms with E-state index in [2.05, 4.69) is 24.1 Å². The number of amides is 1. The van der Waals surface area contributed by atoms with Gasteiger partial charge in [0.15, 0.2) is 5.16 Å². The summed E-state index contributed by atoms with van der Waals surface area (Å²) < 4.78 is 2.02. The van der Waals surface area contributed by atoms with Gasteiger partial charge in [-0.25, -0.2) is 4.98 Å². The van der Waals surface area contributed by atoms with Gasteiger partial charge in [0.1, 0.15) is 0 Å². The highest BCUT2D eigenvalue weighted by molar-refractivity contribution is 7.99. The molecule has 3 rings (SSSR count). The lowest BCUT2D eigenvalue weighted by Crippen LogP contribution is -2.44. The highest BCUT2D eigenvalue weighted by atomic mass is 32.2. The SMILES string of the molecule is C[C@H]1[C@H](C)CCC[C@H]1NC(=O)CSc1ncc2ccccn12. The van der Waals surface area contributed by atoms with E-state index in [1.165, 1.54) is 24.6 Å². The Balaban J connectivity index is 1.56. The van der Waals surface area contributed by atoms with E-state index in [1.54, 1.807) is 0 Å². The topological polar surface area (TPSA) is 46.4 Å². The molecule has 1 aliphatic rings. The summed E-state index contributed by atoms with van der Waals surface area (Å²) in [5.41, 5.74) is 1.06. The minimum absolute atomic E-state index is 0.114. The molecule has 1 N–H and O–H groups in total. The molecule has 0 unspecified atom stereocenters. The van der Waals surface area contributed by atoms with Gasteiger partial charge in [-0.15, -0.1) is 0 Å². The number of hydrogen-bond donors (Lipinski definition) is 1. The molecule has 5 heteroatoms. The molecule has 3 atom stereocenters. The summed E-state index contributed by atoms with van der Waals surface area (Å²) >= 11 is 1.50. The van der Waals surface area contributed by atoms with Crippen molar-refractivity contribution in [1.29, 1.82) is 0 Å². The van der Waals surface area contributed by atoms with Crippen LogP contribution in [-0.2, 0) is 4.79 Å². The first kappa shape index (κ1) is 15.4. The zero-order valence-corrected chi connectivity index (χ0v) is 14.0. The number of pyridine rings is 1. The van der Waals surface area contributed by atoms with Crippen molar-refractivity contribution >= 4 is 23.2 Å². The van der Waals surface area contributed by atoms with E-state index in [9.17, 15) is 4.79 Å². The predicted octanol–water partition coefficient (Wildman–Crippen LogP) is 3.37. The molecule has 1 aliphatic carbocycles. The normalized spacial score (nSPS) is 25.3. The predicted molar refractivity (Wildman–Crippen MR) is 90.0 cm³/mol. The van der Waals surface area contributed by atoms with E-state index in [-0.39, 0.29) is 5.91 Å². The van der Waals surface area contributed by atoms with Gasteiger partial charge in [0.2, 0.25) is 5.91 Å². The number of carbonyl (C=O) groups is 1. The average molecular weight is 317 g/mol. The van der Waals surface area contributed by atoms with Crippen molar-refractivity contribution in [3.05, 3.63) is 30.6 Å². The molecule has 1 saturated carbocycles. The van der Waals surface area contributed by atoms with Crippen LogP contribution in [0.1, 0.15) is 33.1 Å². The van der Waals surface area contributed by atoms with Crippen LogP contribution in [0.25, 0.3) is 5.52 Å². The van der Waals surface area contributed by atoms with E-state index < -0.39 is 0 Å². The number of hydrogen-bond acceptors (Lipinski definition) is 3. The van der Waals surface area contributed by atoms with Crippen LogP contribution in [0.3, 0.4) is 0 Å². The fourth-order valence-electron chi connectivity index (χ4n) is 3.19. The summed E-state index contributed by atoms with van der Waals surface area (Å²) in [5, 5.41) is 4.08. The molecule has 2 aromatic rings. The summed E-state index contributed by atoms with van der Waals surface area (Å²) in [5.74, 6) is 1.80. The Kier molecular flexibility index (Phi) is 4.71. The van der Waals surface area contributed by atoms with Crippen LogP contribution in [-0.4, -0.2) is 27.1 Å². The van der Waals surface area contributed by atoms with Gasteiger partial charge in [-0.05, 0) is 30.4 Å². The van der Waals surface area contributed by atoms with E-state index >= 15 is 0 Å². The van der Waals surface area contributed by atoms with Gasteiger partial charge in [-0.3, -0.25) is 9.20 Å². The van der Waals surface area contributed by atoms with Crippen LogP contribution in [0, 0.1) is 11.8 Å².